The van der Waals surface area contributed by atoms with E-state index in [2.05, 4.69) is 18.0 Å². The van der Waals surface area contributed by atoms with Crippen molar-refractivity contribution in [2.45, 2.75) is 51.6 Å². The smallest absolute Gasteiger partial charge is 0.409 e. The zero-order valence-corrected chi connectivity index (χ0v) is 16.4. The van der Waals surface area contributed by atoms with Gasteiger partial charge in [-0.15, -0.1) is 0 Å². The van der Waals surface area contributed by atoms with Crippen molar-refractivity contribution in [2.75, 3.05) is 26.8 Å². The summed E-state index contributed by atoms with van der Waals surface area (Å²) in [5.41, 5.74) is 3.86. The summed E-state index contributed by atoms with van der Waals surface area (Å²) in [5.74, 6) is 1.32. The number of carbonyl (C=O) groups is 1. The van der Waals surface area contributed by atoms with Gasteiger partial charge in [0.2, 0.25) is 0 Å². The Bertz CT molecular complexity index is 826. The molecule has 2 aliphatic rings. The second-order valence-corrected chi connectivity index (χ2v) is 7.89. The minimum absolute atomic E-state index is 0.235. The molecule has 0 aromatic carbocycles. The van der Waals surface area contributed by atoms with Crippen LogP contribution < -0.4 is 0 Å². The van der Waals surface area contributed by atoms with Gasteiger partial charge in [0.15, 0.2) is 5.65 Å². The number of morpholine rings is 1. The van der Waals surface area contributed by atoms with Gasteiger partial charge in [0.1, 0.15) is 6.10 Å². The van der Waals surface area contributed by atoms with Crippen LogP contribution in [0.2, 0.25) is 0 Å². The molecule has 0 spiro atoms. The van der Waals surface area contributed by atoms with Gasteiger partial charge in [-0.25, -0.2) is 14.3 Å². The van der Waals surface area contributed by atoms with E-state index >= 15 is 0 Å². The molecule has 0 radical (unpaired) electrons. The van der Waals surface area contributed by atoms with Gasteiger partial charge in [-0.05, 0) is 31.7 Å². The van der Waals surface area contributed by atoms with Crippen LogP contribution in [0.5, 0.6) is 0 Å². The number of methoxy groups -OCH3 is 1. The molecule has 1 saturated heterocycles. The van der Waals surface area contributed by atoms with Gasteiger partial charge in [-0.3, -0.25) is 0 Å². The summed E-state index contributed by atoms with van der Waals surface area (Å²) in [5, 5.41) is 4.91. The monoisotopic (exact) mass is 372 g/mol. The molecule has 1 aliphatic carbocycles. The van der Waals surface area contributed by atoms with Crippen molar-refractivity contribution < 1.29 is 14.3 Å². The van der Waals surface area contributed by atoms with Crippen molar-refractivity contribution in [3.8, 4) is 0 Å². The fourth-order valence-electron chi connectivity index (χ4n) is 4.25. The molecule has 1 aliphatic heterocycles. The van der Waals surface area contributed by atoms with Crippen LogP contribution in [0.15, 0.2) is 12.1 Å². The molecule has 0 unspecified atom stereocenters. The van der Waals surface area contributed by atoms with Gasteiger partial charge in [0.05, 0.1) is 31.6 Å². The lowest BCUT2D eigenvalue weighted by molar-refractivity contribution is -0.0287. The summed E-state index contributed by atoms with van der Waals surface area (Å²) < 4.78 is 12.8. The highest BCUT2D eigenvalue weighted by Gasteiger charge is 2.29. The van der Waals surface area contributed by atoms with Crippen LogP contribution in [-0.2, 0) is 9.47 Å². The van der Waals surface area contributed by atoms with Crippen molar-refractivity contribution in [1.82, 2.24) is 19.5 Å². The highest BCUT2D eigenvalue weighted by Crippen LogP contribution is 2.35. The molecular weight excluding hydrogens is 344 g/mol. The average molecular weight is 372 g/mol. The molecule has 7 heteroatoms. The van der Waals surface area contributed by atoms with Crippen LogP contribution in [0.4, 0.5) is 4.79 Å². The third kappa shape index (κ3) is 3.65. The van der Waals surface area contributed by atoms with Crippen LogP contribution in [0.3, 0.4) is 0 Å². The molecule has 4 rings (SSSR count). The van der Waals surface area contributed by atoms with Crippen LogP contribution in [0, 0.1) is 12.8 Å². The van der Waals surface area contributed by atoms with E-state index < -0.39 is 0 Å². The Morgan fingerprint density at radius 2 is 2.04 bits per heavy atom. The van der Waals surface area contributed by atoms with Crippen molar-refractivity contribution in [3.05, 3.63) is 29.2 Å². The summed E-state index contributed by atoms with van der Waals surface area (Å²) in [6.45, 7) is 5.80. The van der Waals surface area contributed by atoms with E-state index in [4.69, 9.17) is 14.6 Å². The highest BCUT2D eigenvalue weighted by molar-refractivity contribution is 5.67. The van der Waals surface area contributed by atoms with Crippen molar-refractivity contribution in [2.24, 2.45) is 5.92 Å². The predicted molar refractivity (Wildman–Crippen MR) is 101 cm³/mol. The molecule has 1 amide bonds. The standard InChI is InChI=1S/C20H28N4O3/c1-13-4-6-15(7-5-13)16-11-19-21-14(2)10-17(24(19)22-16)18-12-23(8-9-27-18)20(25)26-3/h10-11,13,15,18H,4-9,12H2,1-3H3/t13?,15?,18-/m0/s1. The number of amides is 1. The average Bonchev–Trinajstić information content (AvgIpc) is 3.11. The van der Waals surface area contributed by atoms with Gasteiger partial charge < -0.3 is 14.4 Å². The first-order chi connectivity index (χ1) is 13.0. The number of aryl methyl sites for hydroxylation is 1. The van der Waals surface area contributed by atoms with Gasteiger partial charge >= 0.3 is 6.09 Å². The van der Waals surface area contributed by atoms with Gasteiger partial charge in [-0.2, -0.15) is 5.10 Å². The SMILES string of the molecule is COC(=O)N1CCO[C@H](c2cc(C)nc3cc(C4CCC(C)CC4)nn23)C1. The minimum Gasteiger partial charge on any atom is -0.453 e. The Hall–Kier alpha value is -2.15. The maximum absolute atomic E-state index is 11.9. The number of nitrogens with zero attached hydrogens (tertiary/aromatic N) is 4. The molecule has 2 aromatic heterocycles. The molecule has 1 saturated carbocycles. The largest absolute Gasteiger partial charge is 0.453 e. The van der Waals surface area contributed by atoms with Crippen LogP contribution in [0.1, 0.15) is 61.7 Å². The summed E-state index contributed by atoms with van der Waals surface area (Å²) in [7, 11) is 1.41. The zero-order chi connectivity index (χ0) is 19.0. The maximum atomic E-state index is 11.9. The number of carbonyl (C=O) groups excluding carboxylic acids is 1. The van der Waals surface area contributed by atoms with Gasteiger partial charge in [0, 0.05) is 24.2 Å². The summed E-state index contributed by atoms with van der Waals surface area (Å²) in [4.78, 5) is 18.3. The number of fused-ring (bicyclic) bond motifs is 1. The normalized spacial score (nSPS) is 26.3. The first-order valence-corrected chi connectivity index (χ1v) is 9.87. The second kappa shape index (κ2) is 7.46. The lowest BCUT2D eigenvalue weighted by Crippen LogP contribution is -2.42. The number of hydrogen-bond acceptors (Lipinski definition) is 5. The Kier molecular flexibility index (Phi) is 5.04. The minimum atomic E-state index is -0.317. The van der Waals surface area contributed by atoms with E-state index in [1.54, 1.807) is 4.90 Å². The first kappa shape index (κ1) is 18.2. The molecule has 0 bridgehead atoms. The van der Waals surface area contributed by atoms with Crippen molar-refractivity contribution >= 4 is 11.7 Å². The molecule has 7 nitrogen and oxygen atoms in total. The Morgan fingerprint density at radius 3 is 2.78 bits per heavy atom. The van der Waals surface area contributed by atoms with Crippen LogP contribution >= 0.6 is 0 Å². The van der Waals surface area contributed by atoms with Gasteiger partial charge in [-0.1, -0.05) is 19.8 Å². The molecule has 146 valence electrons. The van der Waals surface area contributed by atoms with Crippen molar-refractivity contribution in [3.63, 3.8) is 0 Å². The first-order valence-electron chi connectivity index (χ1n) is 9.87. The molecule has 2 aromatic rings. The van der Waals surface area contributed by atoms with Crippen molar-refractivity contribution in [1.29, 1.82) is 0 Å². The highest BCUT2D eigenvalue weighted by atomic mass is 16.5. The molecule has 3 heterocycles. The number of rotatable bonds is 2. The number of ether oxygens (including phenoxy) is 2. The summed E-state index contributed by atoms with van der Waals surface area (Å²) >= 11 is 0. The van der Waals surface area contributed by atoms with Crippen LogP contribution in [0.25, 0.3) is 5.65 Å². The summed E-state index contributed by atoms with van der Waals surface area (Å²) in [6.07, 6.45) is 4.35. The fraction of sp³-hybridized carbons (Fsp3) is 0.650. The Balaban J connectivity index is 1.65. The van der Waals surface area contributed by atoms with E-state index in [1.807, 2.05) is 17.5 Å². The second-order valence-electron chi connectivity index (χ2n) is 7.89. The maximum Gasteiger partial charge on any atom is 0.409 e. The van der Waals surface area contributed by atoms with Gasteiger partial charge in [0.25, 0.3) is 0 Å². The molecular formula is C20H28N4O3. The molecule has 0 N–H and O–H groups in total. The molecule has 27 heavy (non-hydrogen) atoms. The number of hydrogen-bond donors (Lipinski definition) is 0. The zero-order valence-electron chi connectivity index (χ0n) is 16.4. The van der Waals surface area contributed by atoms with E-state index in [0.717, 1.165) is 28.6 Å². The third-order valence-corrected chi connectivity index (χ3v) is 5.86. The quantitative estimate of drug-likeness (QED) is 0.807. The lowest BCUT2D eigenvalue weighted by atomic mass is 9.81. The third-order valence-electron chi connectivity index (χ3n) is 5.86. The summed E-state index contributed by atoms with van der Waals surface area (Å²) in [6, 6.07) is 4.14. The topological polar surface area (TPSA) is 69.0 Å². The van der Waals surface area contributed by atoms with E-state index in [9.17, 15) is 4.79 Å². The van der Waals surface area contributed by atoms with E-state index in [1.165, 1.54) is 32.8 Å². The predicted octanol–water partition coefficient (Wildman–Crippen LogP) is 3.47. The fourth-order valence-corrected chi connectivity index (χ4v) is 4.25. The van der Waals surface area contributed by atoms with Crippen LogP contribution in [-0.4, -0.2) is 52.4 Å². The number of aromatic nitrogens is 3. The van der Waals surface area contributed by atoms with E-state index in [-0.39, 0.29) is 12.2 Å². The Labute approximate surface area is 159 Å². The molecule has 2 fully saturated rings. The lowest BCUT2D eigenvalue weighted by Gasteiger charge is -2.32. The Morgan fingerprint density at radius 1 is 1.26 bits per heavy atom. The van der Waals surface area contributed by atoms with E-state index in [0.29, 0.717) is 25.6 Å². The molecule has 1 atom stereocenters.